The zero-order chi connectivity index (χ0) is 23.5. The Morgan fingerprint density at radius 3 is 2.47 bits per heavy atom. The Morgan fingerprint density at radius 1 is 1.12 bits per heavy atom. The lowest BCUT2D eigenvalue weighted by atomic mass is 9.82. The van der Waals surface area contributed by atoms with E-state index in [1.54, 1.807) is 6.92 Å². The number of Topliss-reactive ketones (excluding diaryl/α,β-unsaturated/α-hetero) is 1. The van der Waals surface area contributed by atoms with E-state index >= 15 is 0 Å². The predicted molar refractivity (Wildman–Crippen MR) is 123 cm³/mol. The summed E-state index contributed by atoms with van der Waals surface area (Å²) in [6.45, 7) is 11.9. The van der Waals surface area contributed by atoms with Gasteiger partial charge in [-0.25, -0.2) is 0 Å². The van der Waals surface area contributed by atoms with Gasteiger partial charge < -0.3 is 14.2 Å². The summed E-state index contributed by atoms with van der Waals surface area (Å²) in [7, 11) is 0. The van der Waals surface area contributed by atoms with Crippen LogP contribution in [0, 0.1) is 17.8 Å². The van der Waals surface area contributed by atoms with Crippen molar-refractivity contribution in [1.29, 1.82) is 0 Å². The molecule has 0 spiro atoms. The minimum Gasteiger partial charge on any atom is -0.457 e. The summed E-state index contributed by atoms with van der Waals surface area (Å²) in [5.74, 6) is -1.19. The molecule has 1 saturated heterocycles. The van der Waals surface area contributed by atoms with E-state index in [9.17, 15) is 9.59 Å². The highest BCUT2D eigenvalue weighted by Gasteiger charge is 2.53. The van der Waals surface area contributed by atoms with E-state index < -0.39 is 17.6 Å². The van der Waals surface area contributed by atoms with E-state index in [1.807, 2.05) is 64.1 Å². The first-order valence-corrected chi connectivity index (χ1v) is 11.7. The van der Waals surface area contributed by atoms with Gasteiger partial charge in [-0.3, -0.25) is 9.59 Å². The van der Waals surface area contributed by atoms with Gasteiger partial charge in [0.2, 0.25) is 0 Å². The first-order chi connectivity index (χ1) is 15.2. The molecule has 0 N–H and O–H groups in total. The SMILES string of the molecule is CC[C@H]1OC(=O)[C@H](C)[C@H]2O[C@@](C)(C[C@@H](C)[C@H](OCc3ccccc3)C=C=C1C)C(=O)[C@@H]2C. The van der Waals surface area contributed by atoms with Gasteiger partial charge in [0.1, 0.15) is 11.7 Å². The van der Waals surface area contributed by atoms with Crippen molar-refractivity contribution >= 4 is 11.8 Å². The van der Waals surface area contributed by atoms with Crippen LogP contribution in [0.3, 0.4) is 0 Å². The quantitative estimate of drug-likeness (QED) is 0.485. The highest BCUT2D eigenvalue weighted by atomic mass is 16.6. The third-order valence-corrected chi connectivity index (χ3v) is 6.83. The van der Waals surface area contributed by atoms with Gasteiger partial charge in [-0.15, -0.1) is 5.73 Å². The monoisotopic (exact) mass is 440 g/mol. The van der Waals surface area contributed by atoms with Gasteiger partial charge in [0.25, 0.3) is 0 Å². The smallest absolute Gasteiger partial charge is 0.311 e. The van der Waals surface area contributed by atoms with Crippen LogP contribution in [0.4, 0.5) is 0 Å². The molecule has 5 heteroatoms. The van der Waals surface area contributed by atoms with E-state index in [0.29, 0.717) is 19.4 Å². The number of carbonyl (C=O) groups is 2. The van der Waals surface area contributed by atoms with Crippen LogP contribution in [0.1, 0.15) is 59.9 Å². The molecule has 5 nitrogen and oxygen atoms in total. The second-order valence-corrected chi connectivity index (χ2v) is 9.53. The number of carbonyl (C=O) groups excluding carboxylic acids is 2. The van der Waals surface area contributed by atoms with Gasteiger partial charge in [-0.05, 0) is 51.2 Å². The summed E-state index contributed by atoms with van der Waals surface area (Å²) in [6, 6.07) is 10.0. The summed E-state index contributed by atoms with van der Waals surface area (Å²) in [5.41, 5.74) is 4.29. The largest absolute Gasteiger partial charge is 0.457 e. The number of hydrogen-bond donors (Lipinski definition) is 0. The van der Waals surface area contributed by atoms with E-state index in [4.69, 9.17) is 14.2 Å². The van der Waals surface area contributed by atoms with Crippen molar-refractivity contribution in [2.75, 3.05) is 0 Å². The first-order valence-electron chi connectivity index (χ1n) is 11.7. The van der Waals surface area contributed by atoms with Crippen LogP contribution >= 0.6 is 0 Å². The molecule has 1 fully saturated rings. The lowest BCUT2D eigenvalue weighted by molar-refractivity contribution is -0.161. The Hall–Kier alpha value is -2.20. The molecule has 2 bridgehead atoms. The first kappa shape index (κ1) is 24.4. The van der Waals surface area contributed by atoms with Crippen LogP contribution in [0.15, 0.2) is 47.7 Å². The van der Waals surface area contributed by atoms with Crippen LogP contribution in [0.25, 0.3) is 0 Å². The molecular weight excluding hydrogens is 404 g/mol. The van der Waals surface area contributed by atoms with Gasteiger partial charge in [0.15, 0.2) is 5.78 Å². The zero-order valence-electron chi connectivity index (χ0n) is 20.1. The second-order valence-electron chi connectivity index (χ2n) is 9.53. The number of ether oxygens (including phenoxy) is 3. The van der Waals surface area contributed by atoms with Crippen molar-refractivity contribution in [2.24, 2.45) is 17.8 Å². The van der Waals surface area contributed by atoms with E-state index in [-0.39, 0.29) is 35.8 Å². The molecule has 0 aliphatic carbocycles. The third-order valence-electron chi connectivity index (χ3n) is 6.83. The molecule has 3 rings (SSSR count). The summed E-state index contributed by atoms with van der Waals surface area (Å²) >= 11 is 0. The maximum Gasteiger partial charge on any atom is 0.311 e. The Bertz CT molecular complexity index is 885. The predicted octanol–water partition coefficient (Wildman–Crippen LogP) is 5.03. The Morgan fingerprint density at radius 2 is 1.81 bits per heavy atom. The lowest BCUT2D eigenvalue weighted by Gasteiger charge is -2.30. The van der Waals surface area contributed by atoms with Crippen molar-refractivity contribution in [3.8, 4) is 0 Å². The van der Waals surface area contributed by atoms with Crippen molar-refractivity contribution in [3.63, 3.8) is 0 Å². The molecule has 0 radical (unpaired) electrons. The van der Waals surface area contributed by atoms with Crippen molar-refractivity contribution < 1.29 is 23.8 Å². The van der Waals surface area contributed by atoms with Crippen LogP contribution in [-0.4, -0.2) is 35.7 Å². The molecule has 1 aromatic rings. The van der Waals surface area contributed by atoms with Gasteiger partial charge in [0.05, 0.1) is 24.7 Å². The van der Waals surface area contributed by atoms with Crippen LogP contribution in [-0.2, 0) is 30.4 Å². The fourth-order valence-electron chi connectivity index (χ4n) is 4.82. The van der Waals surface area contributed by atoms with Gasteiger partial charge in [0, 0.05) is 11.5 Å². The molecule has 7 atom stereocenters. The van der Waals surface area contributed by atoms with Crippen LogP contribution in [0.2, 0.25) is 0 Å². The molecular formula is C27H36O5. The average molecular weight is 441 g/mol. The molecule has 0 unspecified atom stereocenters. The number of esters is 1. The number of hydrogen-bond acceptors (Lipinski definition) is 5. The topological polar surface area (TPSA) is 61.8 Å². The third kappa shape index (κ3) is 5.23. The Kier molecular flexibility index (Phi) is 7.76. The fourth-order valence-corrected chi connectivity index (χ4v) is 4.82. The molecule has 174 valence electrons. The second kappa shape index (κ2) is 10.2. The maximum absolute atomic E-state index is 13.2. The van der Waals surface area contributed by atoms with Gasteiger partial charge in [-0.1, -0.05) is 51.1 Å². The van der Waals surface area contributed by atoms with Crippen molar-refractivity contribution in [2.45, 2.75) is 84.9 Å². The van der Waals surface area contributed by atoms with Crippen molar-refractivity contribution in [3.05, 3.63) is 53.3 Å². The molecule has 0 aromatic heterocycles. The lowest BCUT2D eigenvalue weighted by Crippen LogP contribution is -2.38. The number of cyclic esters (lactones) is 1. The summed E-state index contributed by atoms with van der Waals surface area (Å²) in [4.78, 5) is 26.1. The summed E-state index contributed by atoms with van der Waals surface area (Å²) in [6.07, 6.45) is 1.93. The van der Waals surface area contributed by atoms with Gasteiger partial charge in [-0.2, -0.15) is 0 Å². The fraction of sp³-hybridized carbons (Fsp3) is 0.593. The molecule has 2 aliphatic heterocycles. The Labute approximate surface area is 191 Å². The zero-order valence-corrected chi connectivity index (χ0v) is 20.1. The highest BCUT2D eigenvalue weighted by molar-refractivity contribution is 5.92. The van der Waals surface area contributed by atoms with E-state index in [0.717, 1.165) is 11.1 Å². The van der Waals surface area contributed by atoms with Crippen LogP contribution in [0.5, 0.6) is 0 Å². The molecule has 1 aromatic carbocycles. The molecule has 2 heterocycles. The normalized spacial score (nSPS) is 36.0. The summed E-state index contributed by atoms with van der Waals surface area (Å²) in [5, 5.41) is 0. The van der Waals surface area contributed by atoms with Crippen molar-refractivity contribution in [1.82, 2.24) is 0 Å². The number of rotatable bonds is 4. The molecule has 0 saturated carbocycles. The van der Waals surface area contributed by atoms with E-state index in [2.05, 4.69) is 12.7 Å². The number of fused-ring (bicyclic) bond motifs is 2. The minimum atomic E-state index is -0.961. The Balaban J connectivity index is 1.95. The highest BCUT2D eigenvalue weighted by Crippen LogP contribution is 2.40. The van der Waals surface area contributed by atoms with Crippen LogP contribution < -0.4 is 0 Å². The summed E-state index contributed by atoms with van der Waals surface area (Å²) < 4.78 is 18.4. The maximum atomic E-state index is 13.2. The number of ketones is 1. The number of benzene rings is 1. The molecule has 32 heavy (non-hydrogen) atoms. The van der Waals surface area contributed by atoms with E-state index in [1.165, 1.54) is 0 Å². The molecule has 2 aliphatic rings. The minimum absolute atomic E-state index is 0.00617. The standard InChI is InChI=1S/C27H36O5/c1-7-22-17(2)13-14-23(30-16-21-11-9-8-10-12-21)18(3)15-27(6)25(28)19(4)24(32-27)20(5)26(29)31-22/h8-12,14,18-20,22-24H,7,15-16H2,1-6H3/t13?,18-,19-,20-,22-,23-,24+,27+/m1/s1. The average Bonchev–Trinajstić information content (AvgIpc) is 3.00. The van der Waals surface area contributed by atoms with Gasteiger partial charge >= 0.3 is 5.97 Å². The molecule has 0 amide bonds.